The first kappa shape index (κ1) is 19.2. The Morgan fingerprint density at radius 2 is 1.59 bits per heavy atom. The molecule has 0 bridgehead atoms. The number of hydrogen-bond donors (Lipinski definition) is 1. The maximum Gasteiger partial charge on any atom is 0.225 e. The summed E-state index contributed by atoms with van der Waals surface area (Å²) in [5.41, 5.74) is 6.15. The van der Waals surface area contributed by atoms with Crippen LogP contribution in [0.5, 0.6) is 0 Å². The van der Waals surface area contributed by atoms with Crippen LogP contribution in [-0.4, -0.2) is 36.1 Å². The largest absolute Gasteiger partial charge is 0.368 e. The fourth-order valence-electron chi connectivity index (χ4n) is 3.79. The number of aryl methyl sites for hydroxylation is 3. The van der Waals surface area contributed by atoms with E-state index in [9.17, 15) is 0 Å². The Labute approximate surface area is 173 Å². The van der Waals surface area contributed by atoms with Crippen molar-refractivity contribution in [3.05, 3.63) is 77.0 Å². The van der Waals surface area contributed by atoms with Gasteiger partial charge in [-0.05, 0) is 49.6 Å². The van der Waals surface area contributed by atoms with Crippen LogP contribution in [0.4, 0.5) is 17.5 Å². The second-order valence-electron chi connectivity index (χ2n) is 7.78. The quantitative estimate of drug-likeness (QED) is 0.705. The van der Waals surface area contributed by atoms with E-state index in [1.165, 1.54) is 22.4 Å². The first-order valence-electron chi connectivity index (χ1n) is 10.3. The molecule has 0 atom stereocenters. The van der Waals surface area contributed by atoms with E-state index in [2.05, 4.69) is 88.5 Å². The van der Waals surface area contributed by atoms with Gasteiger partial charge in [-0.15, -0.1) is 0 Å². The molecule has 5 nitrogen and oxygen atoms in total. The van der Waals surface area contributed by atoms with Gasteiger partial charge in [0, 0.05) is 50.2 Å². The fraction of sp³-hybridized carbons (Fsp3) is 0.333. The number of nitrogens with one attached hydrogen (secondary N) is 1. The van der Waals surface area contributed by atoms with E-state index in [4.69, 9.17) is 4.98 Å². The van der Waals surface area contributed by atoms with Crippen molar-refractivity contribution >= 4 is 17.5 Å². The summed E-state index contributed by atoms with van der Waals surface area (Å²) < 4.78 is 0. The number of rotatable bonds is 5. The van der Waals surface area contributed by atoms with Crippen LogP contribution in [-0.2, 0) is 6.54 Å². The van der Waals surface area contributed by atoms with E-state index >= 15 is 0 Å². The van der Waals surface area contributed by atoms with Crippen molar-refractivity contribution in [1.82, 2.24) is 9.97 Å². The van der Waals surface area contributed by atoms with Crippen LogP contribution in [0.1, 0.15) is 22.4 Å². The zero-order chi connectivity index (χ0) is 20.2. The summed E-state index contributed by atoms with van der Waals surface area (Å²) in [7, 11) is 0. The first-order valence-corrected chi connectivity index (χ1v) is 10.3. The average Bonchev–Trinajstić information content (AvgIpc) is 2.73. The van der Waals surface area contributed by atoms with E-state index in [0.717, 1.165) is 44.2 Å². The molecule has 0 amide bonds. The number of piperazine rings is 1. The van der Waals surface area contributed by atoms with Gasteiger partial charge >= 0.3 is 0 Å². The lowest BCUT2D eigenvalue weighted by Gasteiger charge is -2.37. The molecule has 29 heavy (non-hydrogen) atoms. The number of hydrogen-bond acceptors (Lipinski definition) is 5. The Morgan fingerprint density at radius 1 is 0.828 bits per heavy atom. The van der Waals surface area contributed by atoms with Gasteiger partial charge in [-0.3, -0.25) is 0 Å². The highest BCUT2D eigenvalue weighted by Gasteiger charge is 2.19. The molecular weight excluding hydrogens is 358 g/mol. The van der Waals surface area contributed by atoms with E-state index in [1.807, 2.05) is 6.92 Å². The van der Waals surface area contributed by atoms with Crippen LogP contribution in [0.2, 0.25) is 0 Å². The molecule has 1 fully saturated rings. The highest BCUT2D eigenvalue weighted by molar-refractivity contribution is 5.52. The van der Waals surface area contributed by atoms with Gasteiger partial charge < -0.3 is 15.1 Å². The Hall–Kier alpha value is -3.08. The molecular formula is C24H29N5. The SMILES string of the molecule is Cc1cccc(N2CCN(c3cc(C)nc(NCc4ccccc4C)n3)CC2)c1. The van der Waals surface area contributed by atoms with Crippen molar-refractivity contribution in [2.45, 2.75) is 27.3 Å². The molecule has 0 aliphatic carbocycles. The predicted molar refractivity (Wildman–Crippen MR) is 121 cm³/mol. The molecule has 0 radical (unpaired) electrons. The standard InChI is InChI=1S/C24H29N5/c1-18-7-6-10-22(15-18)28-11-13-29(14-12-28)23-16-20(3)26-24(27-23)25-17-21-9-5-4-8-19(21)2/h4-10,15-16H,11-14,17H2,1-3H3,(H,25,26,27). The third-order valence-electron chi connectivity index (χ3n) is 5.51. The third kappa shape index (κ3) is 4.67. The van der Waals surface area contributed by atoms with Gasteiger partial charge in [-0.25, -0.2) is 4.98 Å². The topological polar surface area (TPSA) is 44.3 Å². The van der Waals surface area contributed by atoms with Crippen molar-refractivity contribution in [3.63, 3.8) is 0 Å². The smallest absolute Gasteiger partial charge is 0.225 e. The van der Waals surface area contributed by atoms with Gasteiger partial charge in [0.15, 0.2) is 0 Å². The summed E-state index contributed by atoms with van der Waals surface area (Å²) in [5, 5.41) is 3.40. The summed E-state index contributed by atoms with van der Waals surface area (Å²) in [6.45, 7) is 11.0. The lowest BCUT2D eigenvalue weighted by molar-refractivity contribution is 0.646. The van der Waals surface area contributed by atoms with Crippen molar-refractivity contribution in [3.8, 4) is 0 Å². The zero-order valence-electron chi connectivity index (χ0n) is 17.5. The minimum atomic E-state index is 0.698. The highest BCUT2D eigenvalue weighted by Crippen LogP contribution is 2.21. The Balaban J connectivity index is 1.42. The number of nitrogens with zero attached hydrogens (tertiary/aromatic N) is 4. The molecule has 4 rings (SSSR count). The van der Waals surface area contributed by atoms with Gasteiger partial charge in [0.25, 0.3) is 0 Å². The molecule has 2 aromatic carbocycles. The lowest BCUT2D eigenvalue weighted by Crippen LogP contribution is -2.47. The van der Waals surface area contributed by atoms with Crippen molar-refractivity contribution < 1.29 is 0 Å². The van der Waals surface area contributed by atoms with Crippen LogP contribution in [0.3, 0.4) is 0 Å². The molecule has 0 unspecified atom stereocenters. The molecule has 0 spiro atoms. The molecule has 1 aliphatic rings. The van der Waals surface area contributed by atoms with Gasteiger partial charge in [0.05, 0.1) is 0 Å². The van der Waals surface area contributed by atoms with Crippen LogP contribution in [0, 0.1) is 20.8 Å². The maximum absolute atomic E-state index is 4.80. The van der Waals surface area contributed by atoms with Crippen LogP contribution in [0.25, 0.3) is 0 Å². The predicted octanol–water partition coefficient (Wildman–Crippen LogP) is 4.34. The normalized spacial score (nSPS) is 14.2. The van der Waals surface area contributed by atoms with Crippen LogP contribution < -0.4 is 15.1 Å². The first-order chi connectivity index (χ1) is 14.1. The van der Waals surface area contributed by atoms with Crippen LogP contribution in [0.15, 0.2) is 54.6 Å². The minimum absolute atomic E-state index is 0.698. The van der Waals surface area contributed by atoms with Gasteiger partial charge in [0.2, 0.25) is 5.95 Å². The van der Waals surface area contributed by atoms with Gasteiger partial charge in [0.1, 0.15) is 5.82 Å². The Bertz CT molecular complexity index is 977. The third-order valence-corrected chi connectivity index (χ3v) is 5.51. The molecule has 1 aliphatic heterocycles. The fourth-order valence-corrected chi connectivity index (χ4v) is 3.79. The van der Waals surface area contributed by atoms with Gasteiger partial charge in [-0.2, -0.15) is 4.98 Å². The molecule has 3 aromatic rings. The summed E-state index contributed by atoms with van der Waals surface area (Å²) >= 11 is 0. The van der Waals surface area contributed by atoms with Crippen molar-refractivity contribution in [2.75, 3.05) is 41.3 Å². The average molecular weight is 388 g/mol. The molecule has 1 aromatic heterocycles. The lowest BCUT2D eigenvalue weighted by atomic mass is 10.1. The number of anilines is 3. The highest BCUT2D eigenvalue weighted by atomic mass is 15.3. The van der Waals surface area contributed by atoms with E-state index in [0.29, 0.717) is 5.95 Å². The zero-order valence-corrected chi connectivity index (χ0v) is 17.5. The van der Waals surface area contributed by atoms with E-state index in [1.54, 1.807) is 0 Å². The Kier molecular flexibility index (Phi) is 5.65. The summed E-state index contributed by atoms with van der Waals surface area (Å²) in [6.07, 6.45) is 0. The monoisotopic (exact) mass is 387 g/mol. The van der Waals surface area contributed by atoms with Crippen molar-refractivity contribution in [2.24, 2.45) is 0 Å². The molecule has 2 heterocycles. The van der Waals surface area contributed by atoms with E-state index < -0.39 is 0 Å². The molecule has 5 heteroatoms. The Morgan fingerprint density at radius 3 is 2.34 bits per heavy atom. The number of aromatic nitrogens is 2. The molecule has 0 saturated carbocycles. The summed E-state index contributed by atoms with van der Waals surface area (Å²) in [4.78, 5) is 14.2. The number of benzene rings is 2. The summed E-state index contributed by atoms with van der Waals surface area (Å²) in [6, 6.07) is 19.2. The second-order valence-corrected chi connectivity index (χ2v) is 7.78. The maximum atomic E-state index is 4.80. The molecule has 150 valence electrons. The van der Waals surface area contributed by atoms with Crippen LogP contribution >= 0.6 is 0 Å². The van der Waals surface area contributed by atoms with Gasteiger partial charge in [-0.1, -0.05) is 36.4 Å². The molecule has 1 saturated heterocycles. The second kappa shape index (κ2) is 8.52. The minimum Gasteiger partial charge on any atom is -0.368 e. The van der Waals surface area contributed by atoms with Crippen molar-refractivity contribution in [1.29, 1.82) is 0 Å². The van der Waals surface area contributed by atoms with E-state index in [-0.39, 0.29) is 0 Å². The molecule has 1 N–H and O–H groups in total. The summed E-state index contributed by atoms with van der Waals surface area (Å²) in [5.74, 6) is 1.71.